The van der Waals surface area contributed by atoms with Crippen LogP contribution in [-0.4, -0.2) is 46.8 Å². The van der Waals surface area contributed by atoms with Gasteiger partial charge in [-0.05, 0) is 25.0 Å². The van der Waals surface area contributed by atoms with Crippen molar-refractivity contribution in [2.24, 2.45) is 0 Å². The Morgan fingerprint density at radius 1 is 1.31 bits per heavy atom. The van der Waals surface area contributed by atoms with E-state index in [1.165, 1.54) is 12.1 Å². The molecule has 1 aromatic carbocycles. The average molecular weight is 359 g/mol. The fourth-order valence-corrected chi connectivity index (χ4v) is 3.01. The van der Waals surface area contributed by atoms with Crippen LogP contribution in [0, 0.1) is 5.82 Å². The van der Waals surface area contributed by atoms with E-state index in [4.69, 9.17) is 0 Å². The van der Waals surface area contributed by atoms with Gasteiger partial charge in [-0.15, -0.1) is 0 Å². The predicted molar refractivity (Wildman–Crippen MR) is 95.2 cm³/mol. The Morgan fingerprint density at radius 3 is 2.85 bits per heavy atom. The van der Waals surface area contributed by atoms with Crippen molar-refractivity contribution >= 4 is 12.0 Å². The van der Waals surface area contributed by atoms with Crippen molar-refractivity contribution in [3.8, 4) is 0 Å². The molecule has 2 atom stereocenters. The van der Waals surface area contributed by atoms with E-state index in [1.54, 1.807) is 30.6 Å². The number of piperidine rings is 1. The van der Waals surface area contributed by atoms with Gasteiger partial charge in [-0.2, -0.15) is 0 Å². The number of anilines is 1. The van der Waals surface area contributed by atoms with Crippen molar-refractivity contribution in [2.45, 2.75) is 25.0 Å². The van der Waals surface area contributed by atoms with Crippen LogP contribution >= 0.6 is 0 Å². The molecule has 2 amide bonds. The lowest BCUT2D eigenvalue weighted by Crippen LogP contribution is -2.51. The predicted octanol–water partition coefficient (Wildman–Crippen LogP) is 1.62. The van der Waals surface area contributed by atoms with Gasteiger partial charge in [0.15, 0.2) is 0 Å². The number of hydrogen-bond acceptors (Lipinski definition) is 5. The van der Waals surface area contributed by atoms with Crippen molar-refractivity contribution < 1.29 is 14.3 Å². The van der Waals surface area contributed by atoms with Gasteiger partial charge in [0.1, 0.15) is 5.82 Å². The molecule has 0 bridgehead atoms. The fourth-order valence-electron chi connectivity index (χ4n) is 3.01. The highest BCUT2D eigenvalue weighted by Gasteiger charge is 2.23. The molecule has 1 aliphatic rings. The minimum Gasteiger partial charge on any atom is -0.386 e. The first-order valence-corrected chi connectivity index (χ1v) is 8.62. The number of amides is 2. The first kappa shape index (κ1) is 18.1. The highest BCUT2D eigenvalue weighted by Crippen LogP contribution is 2.16. The summed E-state index contributed by atoms with van der Waals surface area (Å²) < 4.78 is 13.6. The monoisotopic (exact) mass is 359 g/mol. The molecule has 3 N–H and O–H groups in total. The van der Waals surface area contributed by atoms with E-state index in [0.717, 1.165) is 19.4 Å². The van der Waals surface area contributed by atoms with Gasteiger partial charge in [-0.3, -0.25) is 0 Å². The Labute approximate surface area is 151 Å². The van der Waals surface area contributed by atoms with E-state index >= 15 is 0 Å². The minimum atomic E-state index is -1.09. The van der Waals surface area contributed by atoms with Crippen molar-refractivity contribution in [1.82, 2.24) is 20.6 Å². The Morgan fingerprint density at radius 2 is 2.08 bits per heavy atom. The van der Waals surface area contributed by atoms with Crippen LogP contribution < -0.4 is 15.5 Å². The number of rotatable bonds is 5. The van der Waals surface area contributed by atoms with E-state index in [9.17, 15) is 14.3 Å². The second kappa shape index (κ2) is 8.57. The molecule has 0 spiro atoms. The van der Waals surface area contributed by atoms with E-state index in [0.29, 0.717) is 12.5 Å². The van der Waals surface area contributed by atoms with Crippen LogP contribution in [-0.2, 0) is 0 Å². The lowest BCUT2D eigenvalue weighted by atomic mass is 10.1. The zero-order valence-corrected chi connectivity index (χ0v) is 14.3. The van der Waals surface area contributed by atoms with Crippen LogP contribution in [0.5, 0.6) is 0 Å². The summed E-state index contributed by atoms with van der Waals surface area (Å²) in [6, 6.07) is 7.30. The summed E-state index contributed by atoms with van der Waals surface area (Å²) >= 11 is 0. The number of aromatic nitrogens is 2. The second-order valence-corrected chi connectivity index (χ2v) is 6.23. The van der Waals surface area contributed by atoms with Crippen LogP contribution in [0.15, 0.2) is 42.7 Å². The van der Waals surface area contributed by atoms with E-state index in [1.807, 2.05) is 4.90 Å². The van der Waals surface area contributed by atoms with Crippen molar-refractivity contribution in [3.63, 3.8) is 0 Å². The number of aliphatic hydroxyl groups is 1. The largest absolute Gasteiger partial charge is 0.386 e. The molecule has 0 aliphatic carbocycles. The number of nitrogens with zero attached hydrogens (tertiary/aromatic N) is 3. The van der Waals surface area contributed by atoms with Gasteiger partial charge in [-0.1, -0.05) is 18.2 Å². The molecule has 26 heavy (non-hydrogen) atoms. The molecule has 3 rings (SSSR count). The molecule has 138 valence electrons. The van der Waals surface area contributed by atoms with Gasteiger partial charge in [0.2, 0.25) is 5.95 Å². The van der Waals surface area contributed by atoms with Gasteiger partial charge < -0.3 is 20.6 Å². The average Bonchev–Trinajstić information content (AvgIpc) is 2.67. The molecule has 1 aliphatic heterocycles. The molecule has 2 aromatic rings. The summed E-state index contributed by atoms with van der Waals surface area (Å²) in [6.45, 7) is 1.40. The molecule has 1 saturated heterocycles. The van der Waals surface area contributed by atoms with Crippen molar-refractivity contribution in [1.29, 1.82) is 0 Å². The highest BCUT2D eigenvalue weighted by molar-refractivity contribution is 5.74. The van der Waals surface area contributed by atoms with Crippen LogP contribution in [0.4, 0.5) is 15.1 Å². The molecule has 1 aromatic heterocycles. The van der Waals surface area contributed by atoms with Gasteiger partial charge in [0, 0.05) is 43.6 Å². The van der Waals surface area contributed by atoms with Crippen LogP contribution in [0.2, 0.25) is 0 Å². The molecule has 2 unspecified atom stereocenters. The van der Waals surface area contributed by atoms with Gasteiger partial charge in [0.05, 0.1) is 6.10 Å². The van der Waals surface area contributed by atoms with E-state index in [2.05, 4.69) is 20.6 Å². The summed E-state index contributed by atoms with van der Waals surface area (Å²) in [5.74, 6) is 0.155. The third kappa shape index (κ3) is 4.66. The van der Waals surface area contributed by atoms with Crippen LogP contribution in [0.25, 0.3) is 0 Å². The quantitative estimate of drug-likeness (QED) is 0.755. The Kier molecular flexibility index (Phi) is 5.96. The topological polar surface area (TPSA) is 90.4 Å². The Hall–Kier alpha value is -2.74. The van der Waals surface area contributed by atoms with E-state index in [-0.39, 0.29) is 24.2 Å². The molecular formula is C18H22FN5O2. The second-order valence-electron chi connectivity index (χ2n) is 6.23. The SMILES string of the molecule is O=C(NCC(O)c1ccccc1F)NC1CCCN(c2ncccn2)C1. The minimum absolute atomic E-state index is 0.0434. The van der Waals surface area contributed by atoms with E-state index < -0.39 is 11.9 Å². The number of nitrogens with one attached hydrogen (secondary N) is 2. The standard InChI is InChI=1S/C18H22FN5O2/c19-15-7-2-1-6-14(15)16(25)11-22-18(26)23-13-5-3-10-24(12-13)17-20-8-4-9-21-17/h1-2,4,6-9,13,16,25H,3,5,10-12H2,(H2,22,23,26). The lowest BCUT2D eigenvalue weighted by molar-refractivity contribution is 0.168. The molecule has 0 saturated carbocycles. The number of halogens is 1. The normalized spacial score (nSPS) is 18.2. The maximum absolute atomic E-state index is 13.6. The molecule has 1 fully saturated rings. The number of urea groups is 1. The Balaban J connectivity index is 1.48. The molecule has 2 heterocycles. The summed E-state index contributed by atoms with van der Waals surface area (Å²) in [6.07, 6.45) is 4.06. The third-order valence-electron chi connectivity index (χ3n) is 4.31. The molecular weight excluding hydrogens is 337 g/mol. The zero-order valence-electron chi connectivity index (χ0n) is 14.3. The van der Waals surface area contributed by atoms with Gasteiger partial charge in [0.25, 0.3) is 0 Å². The molecule has 0 radical (unpaired) electrons. The summed E-state index contributed by atoms with van der Waals surface area (Å²) in [5, 5.41) is 15.5. The first-order valence-electron chi connectivity index (χ1n) is 8.62. The smallest absolute Gasteiger partial charge is 0.315 e. The summed E-state index contributed by atoms with van der Waals surface area (Å²) in [5.41, 5.74) is 0.165. The number of hydrogen-bond donors (Lipinski definition) is 3. The maximum atomic E-state index is 13.6. The van der Waals surface area contributed by atoms with Crippen molar-refractivity contribution in [2.75, 3.05) is 24.5 Å². The maximum Gasteiger partial charge on any atom is 0.315 e. The lowest BCUT2D eigenvalue weighted by Gasteiger charge is -2.33. The van der Waals surface area contributed by atoms with Crippen LogP contribution in [0.1, 0.15) is 24.5 Å². The van der Waals surface area contributed by atoms with Gasteiger partial charge in [-0.25, -0.2) is 19.2 Å². The summed E-state index contributed by atoms with van der Waals surface area (Å²) in [7, 11) is 0. The van der Waals surface area contributed by atoms with Crippen molar-refractivity contribution in [3.05, 3.63) is 54.1 Å². The summed E-state index contributed by atoms with van der Waals surface area (Å²) in [4.78, 5) is 22.6. The Bertz CT molecular complexity index is 731. The fraction of sp³-hybridized carbons (Fsp3) is 0.389. The molecule has 7 nitrogen and oxygen atoms in total. The number of benzene rings is 1. The number of carbonyl (C=O) groups excluding carboxylic acids is 1. The highest BCUT2D eigenvalue weighted by atomic mass is 19.1. The number of aliphatic hydroxyl groups excluding tert-OH is 1. The third-order valence-corrected chi connectivity index (χ3v) is 4.31. The first-order chi connectivity index (χ1) is 12.6. The number of carbonyl (C=O) groups is 1. The zero-order chi connectivity index (χ0) is 18.4. The van der Waals surface area contributed by atoms with Gasteiger partial charge >= 0.3 is 6.03 Å². The molecule has 8 heteroatoms. The van der Waals surface area contributed by atoms with Crippen LogP contribution in [0.3, 0.4) is 0 Å².